The molecule has 2 unspecified atom stereocenters. The molecule has 2 heterocycles. The van der Waals surface area contributed by atoms with Gasteiger partial charge in [-0.05, 0) is 56.7 Å². The lowest BCUT2D eigenvalue weighted by molar-refractivity contribution is 0.0908. The number of amides is 1. The number of carbonyl (C=O) groups is 1. The third-order valence-corrected chi connectivity index (χ3v) is 10.3. The number of piperidine rings is 1. The van der Waals surface area contributed by atoms with E-state index >= 15 is 0 Å². The molecule has 10 heteroatoms. The number of halogens is 4. The normalized spacial score (nSPS) is 25.2. The Morgan fingerprint density at radius 3 is 2.11 bits per heavy atom. The summed E-state index contributed by atoms with van der Waals surface area (Å²) in [6.45, 7) is 0. The molecule has 0 aromatic heterocycles. The molecule has 5 nitrogen and oxygen atoms in total. The van der Waals surface area contributed by atoms with Gasteiger partial charge in [-0.25, -0.2) is 21.6 Å². The molecule has 2 aromatic carbocycles. The molecule has 5 rings (SSSR count). The number of hydrogen-bond donors (Lipinski definition) is 1. The minimum absolute atomic E-state index is 0.0194. The van der Waals surface area contributed by atoms with Gasteiger partial charge in [0, 0.05) is 41.5 Å². The van der Waals surface area contributed by atoms with E-state index in [1.807, 2.05) is 0 Å². The Balaban J connectivity index is 1.37. The molecule has 2 atom stereocenters. The number of benzene rings is 2. The molecule has 1 aliphatic carbocycles. The Labute approximate surface area is 207 Å². The smallest absolute Gasteiger partial charge is 0.255 e. The first-order valence-corrected chi connectivity index (χ1v) is 13.8. The van der Waals surface area contributed by atoms with Crippen molar-refractivity contribution in [1.29, 1.82) is 0 Å². The van der Waals surface area contributed by atoms with Crippen molar-refractivity contribution in [3.8, 4) is 0 Å². The zero-order chi connectivity index (χ0) is 24.9. The molecule has 0 spiro atoms. The zero-order valence-electron chi connectivity index (χ0n) is 18.9. The van der Waals surface area contributed by atoms with Crippen molar-refractivity contribution in [1.82, 2.24) is 4.90 Å². The van der Waals surface area contributed by atoms with Gasteiger partial charge < -0.3 is 5.32 Å². The van der Waals surface area contributed by atoms with Crippen LogP contribution in [0.2, 0.25) is 5.02 Å². The molecule has 188 valence electrons. The second kappa shape index (κ2) is 9.41. The maximum Gasteiger partial charge on any atom is 0.255 e. The van der Waals surface area contributed by atoms with Crippen LogP contribution >= 0.6 is 11.6 Å². The Morgan fingerprint density at radius 1 is 0.914 bits per heavy atom. The lowest BCUT2D eigenvalue weighted by Crippen LogP contribution is -2.50. The van der Waals surface area contributed by atoms with Gasteiger partial charge >= 0.3 is 0 Å². The predicted molar refractivity (Wildman–Crippen MR) is 127 cm³/mol. The molecule has 1 N–H and O–H groups in total. The number of hydrogen-bond acceptors (Lipinski definition) is 4. The third-order valence-electron chi connectivity index (χ3n) is 7.67. The fourth-order valence-electron chi connectivity index (χ4n) is 6.09. The quantitative estimate of drug-likeness (QED) is 0.506. The summed E-state index contributed by atoms with van der Waals surface area (Å²) in [6.07, 6.45) is 7.87. The molecule has 2 bridgehead atoms. The van der Waals surface area contributed by atoms with Crippen molar-refractivity contribution in [3.05, 3.63) is 58.4 Å². The number of carbonyl (C=O) groups excluding carboxylic acids is 1. The summed E-state index contributed by atoms with van der Waals surface area (Å²) in [7, 11) is -3.82. The van der Waals surface area contributed by atoms with Crippen LogP contribution in [0.3, 0.4) is 0 Å². The second-order valence-corrected chi connectivity index (χ2v) is 12.4. The molecule has 2 aliphatic heterocycles. The highest BCUT2D eigenvalue weighted by molar-refractivity contribution is 7.92. The van der Waals surface area contributed by atoms with Gasteiger partial charge in [0.2, 0.25) is 0 Å². The minimum Gasteiger partial charge on any atom is -0.322 e. The van der Waals surface area contributed by atoms with Crippen LogP contribution in [0.5, 0.6) is 0 Å². The maximum absolute atomic E-state index is 13.6. The molecule has 1 amide bonds. The summed E-state index contributed by atoms with van der Waals surface area (Å²) < 4.78 is 67.5. The zero-order valence-corrected chi connectivity index (χ0v) is 20.5. The van der Waals surface area contributed by atoms with Gasteiger partial charge in [0.25, 0.3) is 5.91 Å². The van der Waals surface area contributed by atoms with Crippen molar-refractivity contribution in [2.24, 2.45) is 0 Å². The Hall–Kier alpha value is -2.10. The Morgan fingerprint density at radius 2 is 1.51 bits per heavy atom. The first-order chi connectivity index (χ1) is 16.6. The summed E-state index contributed by atoms with van der Waals surface area (Å²) in [5, 5.41) is 1.71. The van der Waals surface area contributed by atoms with Crippen molar-refractivity contribution >= 4 is 33.0 Å². The van der Waals surface area contributed by atoms with Gasteiger partial charge in [-0.3, -0.25) is 9.69 Å². The highest BCUT2D eigenvalue weighted by Crippen LogP contribution is 2.44. The fraction of sp³-hybridized carbons (Fsp3) is 0.480. The lowest BCUT2D eigenvalue weighted by Gasteiger charge is -2.42. The van der Waals surface area contributed by atoms with E-state index < -0.39 is 38.4 Å². The summed E-state index contributed by atoms with van der Waals surface area (Å²) >= 11 is 6.28. The van der Waals surface area contributed by atoms with Crippen LogP contribution < -0.4 is 5.32 Å². The molecule has 2 saturated heterocycles. The average Bonchev–Trinajstić information content (AvgIpc) is 3.42. The average molecular weight is 527 g/mol. The summed E-state index contributed by atoms with van der Waals surface area (Å²) in [4.78, 5) is 15.1. The molecule has 35 heavy (non-hydrogen) atoms. The van der Waals surface area contributed by atoms with Crippen molar-refractivity contribution in [2.75, 3.05) is 5.32 Å². The number of nitrogens with one attached hydrogen (secondary N) is 1. The second-order valence-electron chi connectivity index (χ2n) is 9.76. The standard InChI is InChI=1S/C25H26ClF3N2O3S/c26-20-8-5-14(25(32)30-15-10-21(27)24(29)22(28)11-15)9-23(20)35(33,34)19-12-17-6-7-18(13-19)31(17)16-3-1-2-4-16/h5,8-11,16-19H,1-4,6-7,12-13H2,(H,30,32). The fourth-order valence-corrected chi connectivity index (χ4v) is 8.47. The monoisotopic (exact) mass is 526 g/mol. The van der Waals surface area contributed by atoms with Crippen LogP contribution in [0.1, 0.15) is 61.7 Å². The summed E-state index contributed by atoms with van der Waals surface area (Å²) in [5.41, 5.74) is -0.328. The van der Waals surface area contributed by atoms with E-state index in [-0.39, 0.29) is 33.3 Å². The first kappa shape index (κ1) is 24.6. The number of nitrogens with zero attached hydrogens (tertiary/aromatic N) is 1. The molecular weight excluding hydrogens is 501 g/mol. The van der Waals surface area contributed by atoms with E-state index in [2.05, 4.69) is 10.2 Å². The van der Waals surface area contributed by atoms with Crippen LogP contribution in [0.15, 0.2) is 35.2 Å². The van der Waals surface area contributed by atoms with Gasteiger partial charge in [0.15, 0.2) is 27.3 Å². The number of fused-ring (bicyclic) bond motifs is 2. The van der Waals surface area contributed by atoms with Gasteiger partial charge in [-0.1, -0.05) is 24.4 Å². The lowest BCUT2D eigenvalue weighted by atomic mass is 9.99. The largest absolute Gasteiger partial charge is 0.322 e. The predicted octanol–water partition coefficient (Wildman–Crippen LogP) is 5.72. The molecule has 3 fully saturated rings. The maximum atomic E-state index is 13.6. The van der Waals surface area contributed by atoms with E-state index in [1.54, 1.807) is 0 Å². The highest BCUT2D eigenvalue weighted by Gasteiger charge is 2.48. The van der Waals surface area contributed by atoms with Gasteiger partial charge in [0.1, 0.15) is 0 Å². The SMILES string of the molecule is O=C(Nc1cc(F)c(F)c(F)c1)c1ccc(Cl)c(S(=O)(=O)C2CC3CCC(C2)N3C2CCCC2)c1. The third kappa shape index (κ3) is 4.58. The van der Waals surface area contributed by atoms with Crippen LogP contribution in [0, 0.1) is 17.5 Å². The van der Waals surface area contributed by atoms with Crippen LogP contribution in [-0.2, 0) is 9.84 Å². The number of sulfone groups is 1. The van der Waals surface area contributed by atoms with E-state index in [4.69, 9.17) is 11.6 Å². The van der Waals surface area contributed by atoms with Crippen LogP contribution in [-0.4, -0.2) is 42.6 Å². The minimum atomic E-state index is -3.82. The molecule has 3 aliphatic rings. The van der Waals surface area contributed by atoms with E-state index in [0.717, 1.165) is 12.8 Å². The molecule has 0 radical (unpaired) electrons. The van der Waals surface area contributed by atoms with E-state index in [1.165, 1.54) is 43.9 Å². The van der Waals surface area contributed by atoms with Crippen molar-refractivity contribution in [3.63, 3.8) is 0 Å². The molecule has 1 saturated carbocycles. The molecular formula is C25H26ClF3N2O3S. The highest BCUT2D eigenvalue weighted by atomic mass is 35.5. The van der Waals surface area contributed by atoms with Gasteiger partial charge in [0.05, 0.1) is 15.2 Å². The summed E-state index contributed by atoms with van der Waals surface area (Å²) in [5.74, 6) is -5.33. The van der Waals surface area contributed by atoms with Crippen LogP contribution in [0.4, 0.5) is 18.9 Å². The van der Waals surface area contributed by atoms with E-state index in [0.29, 0.717) is 31.0 Å². The Kier molecular flexibility index (Phi) is 6.61. The topological polar surface area (TPSA) is 66.5 Å². The number of rotatable bonds is 5. The van der Waals surface area contributed by atoms with Crippen LogP contribution in [0.25, 0.3) is 0 Å². The van der Waals surface area contributed by atoms with Crippen molar-refractivity contribution < 1.29 is 26.4 Å². The Bertz CT molecular complexity index is 1230. The van der Waals surface area contributed by atoms with E-state index in [9.17, 15) is 26.4 Å². The number of anilines is 1. The van der Waals surface area contributed by atoms with Crippen molar-refractivity contribution in [2.45, 2.75) is 79.6 Å². The van der Waals surface area contributed by atoms with Gasteiger partial charge in [-0.15, -0.1) is 0 Å². The summed E-state index contributed by atoms with van der Waals surface area (Å²) in [6, 6.07) is 6.20. The first-order valence-electron chi connectivity index (χ1n) is 11.9. The molecule has 2 aromatic rings. The van der Waals surface area contributed by atoms with Gasteiger partial charge in [-0.2, -0.15) is 0 Å².